The third kappa shape index (κ3) is 68.6. The summed E-state index contributed by atoms with van der Waals surface area (Å²) in [5.41, 5.74) is 0. The van der Waals surface area contributed by atoms with Crippen LogP contribution >= 0.6 is 0 Å². The van der Waals surface area contributed by atoms with Crippen LogP contribution in [0.1, 0.15) is 419 Å². The van der Waals surface area contributed by atoms with Crippen molar-refractivity contribution < 1.29 is 28.6 Å². The molecule has 0 rings (SSSR count). The number of ether oxygens (including phenoxy) is 3. The van der Waals surface area contributed by atoms with Gasteiger partial charge in [0.05, 0.1) is 0 Å². The number of allylic oxidation sites excluding steroid dienone is 4. The largest absolute Gasteiger partial charge is 0.462 e. The Balaban J connectivity index is 4.05. The maximum Gasteiger partial charge on any atom is 0.306 e. The maximum atomic E-state index is 12.9. The maximum absolute atomic E-state index is 12.9. The van der Waals surface area contributed by atoms with Gasteiger partial charge in [0, 0.05) is 19.3 Å². The Labute approximate surface area is 506 Å². The number of carbonyl (C=O) groups is 3. The van der Waals surface area contributed by atoms with Gasteiger partial charge in [0.2, 0.25) is 0 Å². The van der Waals surface area contributed by atoms with Crippen LogP contribution in [-0.4, -0.2) is 37.2 Å². The molecule has 0 aromatic heterocycles. The number of hydrogen-bond donors (Lipinski definition) is 0. The average molecular weight is 1140 g/mol. The van der Waals surface area contributed by atoms with Gasteiger partial charge in [-0.2, -0.15) is 0 Å². The van der Waals surface area contributed by atoms with Gasteiger partial charge in [-0.25, -0.2) is 0 Å². The molecule has 0 aromatic rings. The molecule has 0 bridgehead atoms. The van der Waals surface area contributed by atoms with Gasteiger partial charge in [-0.05, 0) is 44.9 Å². The minimum Gasteiger partial charge on any atom is -0.462 e. The molecule has 0 saturated carbocycles. The molecule has 1 unspecified atom stereocenters. The van der Waals surface area contributed by atoms with Gasteiger partial charge in [-0.1, -0.05) is 379 Å². The Morgan fingerprint density at radius 1 is 0.247 bits per heavy atom. The molecular formula is C75H142O6. The van der Waals surface area contributed by atoms with E-state index in [9.17, 15) is 14.4 Å². The van der Waals surface area contributed by atoms with Crippen LogP contribution in [0, 0.1) is 0 Å². The Morgan fingerprint density at radius 3 is 0.728 bits per heavy atom. The highest BCUT2D eigenvalue weighted by atomic mass is 16.6. The fourth-order valence-electron chi connectivity index (χ4n) is 11.4. The van der Waals surface area contributed by atoms with Gasteiger partial charge in [-0.15, -0.1) is 0 Å². The van der Waals surface area contributed by atoms with E-state index < -0.39 is 6.10 Å². The van der Waals surface area contributed by atoms with Crippen molar-refractivity contribution >= 4 is 17.9 Å². The molecule has 0 N–H and O–H groups in total. The first-order chi connectivity index (χ1) is 40.0. The molecule has 6 heteroatoms. The summed E-state index contributed by atoms with van der Waals surface area (Å²) < 4.78 is 17.0. The summed E-state index contributed by atoms with van der Waals surface area (Å²) in [6, 6.07) is 0. The van der Waals surface area contributed by atoms with Crippen molar-refractivity contribution in [3.63, 3.8) is 0 Å². The molecule has 0 aromatic carbocycles. The summed E-state index contributed by atoms with van der Waals surface area (Å²) in [6.07, 6.45) is 86.7. The van der Waals surface area contributed by atoms with E-state index in [1.807, 2.05) is 0 Å². The Morgan fingerprint density at radius 2 is 0.469 bits per heavy atom. The quantitative estimate of drug-likeness (QED) is 0.0261. The van der Waals surface area contributed by atoms with Crippen molar-refractivity contribution in [1.82, 2.24) is 0 Å². The van der Waals surface area contributed by atoms with Crippen molar-refractivity contribution in [2.75, 3.05) is 13.2 Å². The number of esters is 3. The lowest BCUT2D eigenvalue weighted by atomic mass is 10.0. The molecule has 0 fully saturated rings. The van der Waals surface area contributed by atoms with Crippen LogP contribution in [0.25, 0.3) is 0 Å². The minimum absolute atomic E-state index is 0.0695. The SMILES string of the molecule is CCC/C=C\C/C=C\CCCCCCCC(=O)OCC(COC(=O)CCCCCCCCCCCCCCCCCCCCCCCCCCCCCCCCCCCC)OC(=O)CCCCCCCCCCCCCCCCCC. The highest BCUT2D eigenvalue weighted by Gasteiger charge is 2.20. The third-order valence-corrected chi connectivity index (χ3v) is 16.9. The van der Waals surface area contributed by atoms with E-state index in [1.165, 1.54) is 295 Å². The summed E-state index contributed by atoms with van der Waals surface area (Å²) in [7, 11) is 0. The van der Waals surface area contributed by atoms with E-state index >= 15 is 0 Å². The molecule has 0 amide bonds. The first kappa shape index (κ1) is 78.9. The smallest absolute Gasteiger partial charge is 0.306 e. The van der Waals surface area contributed by atoms with E-state index in [0.29, 0.717) is 19.3 Å². The monoisotopic (exact) mass is 1140 g/mol. The van der Waals surface area contributed by atoms with Crippen molar-refractivity contribution in [3.05, 3.63) is 24.3 Å². The predicted molar refractivity (Wildman–Crippen MR) is 353 cm³/mol. The minimum atomic E-state index is -0.773. The number of unbranched alkanes of at least 4 members (excludes halogenated alkanes) is 54. The first-order valence-electron chi connectivity index (χ1n) is 36.8. The van der Waals surface area contributed by atoms with Crippen molar-refractivity contribution in [3.8, 4) is 0 Å². The summed E-state index contributed by atoms with van der Waals surface area (Å²) in [5, 5.41) is 0. The van der Waals surface area contributed by atoms with Crippen LogP contribution in [0.15, 0.2) is 24.3 Å². The van der Waals surface area contributed by atoms with E-state index in [2.05, 4.69) is 45.1 Å². The Hall–Kier alpha value is -2.11. The number of hydrogen-bond acceptors (Lipinski definition) is 6. The average Bonchev–Trinajstić information content (AvgIpc) is 3.46. The molecule has 0 radical (unpaired) electrons. The zero-order valence-electron chi connectivity index (χ0n) is 55.1. The lowest BCUT2D eigenvalue weighted by molar-refractivity contribution is -0.167. The van der Waals surface area contributed by atoms with Gasteiger partial charge in [0.25, 0.3) is 0 Å². The molecule has 0 aliphatic heterocycles. The molecule has 0 aliphatic rings. The van der Waals surface area contributed by atoms with Crippen molar-refractivity contribution in [2.45, 2.75) is 425 Å². The van der Waals surface area contributed by atoms with Crippen LogP contribution in [-0.2, 0) is 28.6 Å². The molecule has 0 heterocycles. The first-order valence-corrected chi connectivity index (χ1v) is 36.8. The molecule has 478 valence electrons. The Kier molecular flexibility index (Phi) is 68.5. The van der Waals surface area contributed by atoms with Gasteiger partial charge in [-0.3, -0.25) is 14.4 Å². The van der Waals surface area contributed by atoms with Gasteiger partial charge < -0.3 is 14.2 Å². The lowest BCUT2D eigenvalue weighted by Crippen LogP contribution is -2.30. The van der Waals surface area contributed by atoms with Gasteiger partial charge in [0.15, 0.2) is 6.10 Å². The lowest BCUT2D eigenvalue weighted by Gasteiger charge is -2.18. The molecule has 0 spiro atoms. The van der Waals surface area contributed by atoms with Gasteiger partial charge in [0.1, 0.15) is 13.2 Å². The van der Waals surface area contributed by atoms with Crippen LogP contribution in [0.5, 0.6) is 0 Å². The fraction of sp³-hybridized carbons (Fsp3) is 0.907. The second-order valence-corrected chi connectivity index (χ2v) is 25.2. The predicted octanol–water partition coefficient (Wildman–Crippen LogP) is 25.3. The van der Waals surface area contributed by atoms with E-state index in [-0.39, 0.29) is 31.1 Å². The standard InChI is InChI=1S/C75H142O6/c1-4-7-10-13-16-19-22-25-27-29-30-31-32-33-34-35-36-37-38-39-40-41-42-43-44-45-46-48-50-53-56-59-62-65-68-74(77)80-71-72(70-79-73(76)67-64-61-58-55-52-49-24-21-18-15-12-9-6-3)81-75(78)69-66-63-60-57-54-51-47-28-26-23-20-17-14-11-8-5-2/h12,15,21,24,72H,4-11,13-14,16-20,22-23,25-71H2,1-3H3/b15-12-,24-21-. The summed E-state index contributed by atoms with van der Waals surface area (Å²) >= 11 is 0. The van der Waals surface area contributed by atoms with Crippen LogP contribution < -0.4 is 0 Å². The zero-order valence-corrected chi connectivity index (χ0v) is 55.1. The molecule has 81 heavy (non-hydrogen) atoms. The molecular weight excluding hydrogens is 997 g/mol. The highest BCUT2D eigenvalue weighted by molar-refractivity contribution is 5.71. The molecule has 0 saturated heterocycles. The fourth-order valence-corrected chi connectivity index (χ4v) is 11.4. The normalized spacial score (nSPS) is 12.1. The topological polar surface area (TPSA) is 78.9 Å². The molecule has 6 nitrogen and oxygen atoms in total. The van der Waals surface area contributed by atoms with E-state index in [1.54, 1.807) is 0 Å². The van der Waals surface area contributed by atoms with Crippen LogP contribution in [0.3, 0.4) is 0 Å². The van der Waals surface area contributed by atoms with Crippen molar-refractivity contribution in [2.24, 2.45) is 0 Å². The van der Waals surface area contributed by atoms with Crippen LogP contribution in [0.4, 0.5) is 0 Å². The summed E-state index contributed by atoms with van der Waals surface area (Å²) in [6.45, 7) is 6.65. The van der Waals surface area contributed by atoms with E-state index in [0.717, 1.165) is 83.5 Å². The van der Waals surface area contributed by atoms with Crippen LogP contribution in [0.2, 0.25) is 0 Å². The second kappa shape index (κ2) is 70.4. The Bertz CT molecular complexity index is 1310. The van der Waals surface area contributed by atoms with E-state index in [4.69, 9.17) is 14.2 Å². The zero-order chi connectivity index (χ0) is 58.5. The number of rotatable bonds is 69. The van der Waals surface area contributed by atoms with Gasteiger partial charge >= 0.3 is 17.9 Å². The summed E-state index contributed by atoms with van der Waals surface area (Å²) in [5.74, 6) is -0.854. The third-order valence-electron chi connectivity index (χ3n) is 16.9. The highest BCUT2D eigenvalue weighted by Crippen LogP contribution is 2.19. The number of carbonyl (C=O) groups excluding carboxylic acids is 3. The molecule has 1 atom stereocenters. The summed E-state index contributed by atoms with van der Waals surface area (Å²) in [4.78, 5) is 38.4. The second-order valence-electron chi connectivity index (χ2n) is 25.2. The molecule has 0 aliphatic carbocycles. The van der Waals surface area contributed by atoms with Crippen molar-refractivity contribution in [1.29, 1.82) is 0 Å².